The summed E-state index contributed by atoms with van der Waals surface area (Å²) in [7, 11) is 1.57. The van der Waals surface area contributed by atoms with Gasteiger partial charge < -0.3 is 15.0 Å². The van der Waals surface area contributed by atoms with Crippen LogP contribution in [-0.2, 0) is 14.9 Å². The Morgan fingerprint density at radius 3 is 2.70 bits per heavy atom. The normalized spacial score (nSPS) is 26.3. The van der Waals surface area contributed by atoms with E-state index >= 15 is 0 Å². The Morgan fingerprint density at radius 1 is 1.20 bits per heavy atom. The molecule has 30 heavy (non-hydrogen) atoms. The highest BCUT2D eigenvalue weighted by Gasteiger charge is 2.53. The molecule has 2 unspecified atom stereocenters. The zero-order valence-corrected chi connectivity index (χ0v) is 18.4. The van der Waals surface area contributed by atoms with Crippen LogP contribution in [0.2, 0.25) is 5.02 Å². The van der Waals surface area contributed by atoms with Gasteiger partial charge in [0.05, 0.1) is 0 Å². The Bertz CT molecular complexity index is 969. The summed E-state index contributed by atoms with van der Waals surface area (Å²) < 4.78 is 5.14. The van der Waals surface area contributed by atoms with Crippen molar-refractivity contribution in [1.29, 1.82) is 0 Å². The summed E-state index contributed by atoms with van der Waals surface area (Å²) in [5, 5.41) is 3.97. The lowest BCUT2D eigenvalue weighted by molar-refractivity contribution is -0.131. The molecule has 1 aliphatic heterocycles. The highest BCUT2D eigenvalue weighted by Crippen LogP contribution is 2.60. The van der Waals surface area contributed by atoms with Gasteiger partial charge >= 0.3 is 0 Å². The molecule has 2 bridgehead atoms. The standard InChI is InChI=1S/C25H29ClN2O2/c1-16(30-2)24(29)27-18-9-11-28(12-10-18)15-25-14-21(19-5-3-4-6-22(19)25)20-8-7-17(26)13-23(20)25/h3-8,13,16,18,21H,9-12,14-15H2,1-2H3,(H,27,29)/t16-,21?,25?/m0/s1. The number of ether oxygens (including phenoxy) is 1. The van der Waals surface area contributed by atoms with Crippen LogP contribution in [0.3, 0.4) is 0 Å². The highest BCUT2D eigenvalue weighted by atomic mass is 35.5. The number of methoxy groups -OCH3 is 1. The number of halogens is 1. The summed E-state index contributed by atoms with van der Waals surface area (Å²) in [6, 6.07) is 15.7. The van der Waals surface area contributed by atoms with E-state index in [-0.39, 0.29) is 17.4 Å². The van der Waals surface area contributed by atoms with E-state index in [9.17, 15) is 4.79 Å². The molecule has 0 aromatic heterocycles. The minimum atomic E-state index is -0.395. The lowest BCUT2D eigenvalue weighted by Crippen LogP contribution is -2.50. The number of fused-ring (bicyclic) bond motifs is 8. The number of hydrogen-bond acceptors (Lipinski definition) is 3. The van der Waals surface area contributed by atoms with Gasteiger partial charge in [0.15, 0.2) is 0 Å². The molecule has 0 radical (unpaired) electrons. The SMILES string of the molecule is CO[C@@H](C)C(=O)NC1CCN(CC23CC(c4ccccc42)c2ccc(Cl)cc23)CC1. The number of nitrogens with one attached hydrogen (secondary N) is 1. The maximum atomic E-state index is 12.1. The number of benzene rings is 2. The van der Waals surface area contributed by atoms with Crippen LogP contribution >= 0.6 is 11.6 Å². The van der Waals surface area contributed by atoms with Crippen LogP contribution in [0.15, 0.2) is 42.5 Å². The number of rotatable bonds is 5. The Labute approximate surface area is 183 Å². The zero-order chi connectivity index (χ0) is 20.9. The smallest absolute Gasteiger partial charge is 0.249 e. The predicted molar refractivity (Wildman–Crippen MR) is 119 cm³/mol. The van der Waals surface area contributed by atoms with Crippen molar-refractivity contribution in [3.8, 4) is 0 Å². The molecule has 1 saturated heterocycles. The van der Waals surface area contributed by atoms with E-state index in [4.69, 9.17) is 16.3 Å². The van der Waals surface area contributed by atoms with Crippen molar-refractivity contribution in [1.82, 2.24) is 10.2 Å². The average molecular weight is 425 g/mol. The first-order chi connectivity index (χ1) is 14.5. The van der Waals surface area contributed by atoms with Crippen molar-refractivity contribution in [2.24, 2.45) is 0 Å². The highest BCUT2D eigenvalue weighted by molar-refractivity contribution is 6.30. The number of carbonyl (C=O) groups is 1. The van der Waals surface area contributed by atoms with E-state index in [1.807, 2.05) is 6.07 Å². The summed E-state index contributed by atoms with van der Waals surface area (Å²) >= 11 is 6.43. The number of nitrogens with zero attached hydrogens (tertiary/aromatic N) is 1. The van der Waals surface area contributed by atoms with Gasteiger partial charge in [0.2, 0.25) is 5.91 Å². The molecule has 3 atom stereocenters. The van der Waals surface area contributed by atoms with E-state index in [1.54, 1.807) is 14.0 Å². The summed E-state index contributed by atoms with van der Waals surface area (Å²) in [5.41, 5.74) is 5.87. The Morgan fingerprint density at radius 2 is 1.93 bits per heavy atom. The van der Waals surface area contributed by atoms with Crippen LogP contribution in [-0.4, -0.2) is 49.7 Å². The molecule has 2 aromatic rings. The Balaban J connectivity index is 1.35. The van der Waals surface area contributed by atoms with Crippen LogP contribution < -0.4 is 5.32 Å². The first-order valence-corrected chi connectivity index (χ1v) is 11.3. The molecule has 1 N–H and O–H groups in total. The third kappa shape index (κ3) is 3.17. The van der Waals surface area contributed by atoms with Crippen molar-refractivity contribution in [3.63, 3.8) is 0 Å². The number of amides is 1. The Kier molecular flexibility index (Phi) is 5.12. The molecule has 158 valence electrons. The fourth-order valence-electron chi connectivity index (χ4n) is 5.86. The molecule has 1 amide bonds. The fourth-order valence-corrected chi connectivity index (χ4v) is 6.03. The van der Waals surface area contributed by atoms with Gasteiger partial charge in [-0.05, 0) is 60.6 Å². The van der Waals surface area contributed by atoms with Gasteiger partial charge in [-0.3, -0.25) is 4.79 Å². The molecule has 1 fully saturated rings. The first-order valence-electron chi connectivity index (χ1n) is 11.0. The van der Waals surface area contributed by atoms with Gasteiger partial charge in [-0.1, -0.05) is 41.9 Å². The predicted octanol–water partition coefficient (Wildman–Crippen LogP) is 4.09. The zero-order valence-electron chi connectivity index (χ0n) is 17.7. The lowest BCUT2D eigenvalue weighted by Gasteiger charge is -2.40. The third-order valence-electron chi connectivity index (χ3n) is 7.46. The van der Waals surface area contributed by atoms with Crippen molar-refractivity contribution in [3.05, 3.63) is 69.7 Å². The second kappa shape index (κ2) is 7.67. The molecular weight excluding hydrogens is 396 g/mol. The minimum Gasteiger partial charge on any atom is -0.372 e. The molecule has 1 heterocycles. The third-order valence-corrected chi connectivity index (χ3v) is 7.70. The summed E-state index contributed by atoms with van der Waals surface area (Å²) in [4.78, 5) is 14.7. The van der Waals surface area contributed by atoms with Gasteiger partial charge in [0, 0.05) is 49.1 Å². The fraction of sp³-hybridized carbons (Fsp3) is 0.480. The number of likely N-dealkylation sites (tertiary alicyclic amines) is 1. The van der Waals surface area contributed by atoms with E-state index in [0.717, 1.165) is 43.9 Å². The topological polar surface area (TPSA) is 41.6 Å². The van der Waals surface area contributed by atoms with Crippen LogP contribution in [0.4, 0.5) is 0 Å². The summed E-state index contributed by atoms with van der Waals surface area (Å²) in [6.07, 6.45) is 2.70. The quantitative estimate of drug-likeness (QED) is 0.785. The average Bonchev–Trinajstić information content (AvgIpc) is 3.26. The van der Waals surface area contributed by atoms with Gasteiger partial charge in [-0.2, -0.15) is 0 Å². The maximum Gasteiger partial charge on any atom is 0.249 e. The van der Waals surface area contributed by atoms with Crippen molar-refractivity contribution >= 4 is 17.5 Å². The molecule has 2 aliphatic carbocycles. The van der Waals surface area contributed by atoms with Crippen LogP contribution in [0.5, 0.6) is 0 Å². The van der Waals surface area contributed by atoms with Gasteiger partial charge in [0.25, 0.3) is 0 Å². The van der Waals surface area contributed by atoms with Crippen LogP contribution in [0.25, 0.3) is 0 Å². The minimum absolute atomic E-state index is 0.0125. The number of hydrogen-bond donors (Lipinski definition) is 1. The van der Waals surface area contributed by atoms with E-state index in [1.165, 1.54) is 22.3 Å². The molecule has 0 saturated carbocycles. The van der Waals surface area contributed by atoms with Gasteiger partial charge in [-0.25, -0.2) is 0 Å². The van der Waals surface area contributed by atoms with Crippen molar-refractivity contribution in [2.75, 3.05) is 26.7 Å². The maximum absolute atomic E-state index is 12.1. The van der Waals surface area contributed by atoms with E-state index in [0.29, 0.717) is 5.92 Å². The largest absolute Gasteiger partial charge is 0.372 e. The number of piperidine rings is 1. The second-order valence-corrected chi connectivity index (χ2v) is 9.53. The monoisotopic (exact) mass is 424 g/mol. The van der Waals surface area contributed by atoms with E-state index < -0.39 is 6.10 Å². The van der Waals surface area contributed by atoms with E-state index in [2.05, 4.69) is 46.6 Å². The first kappa shape index (κ1) is 20.0. The Hall–Kier alpha value is -1.88. The number of carbonyl (C=O) groups excluding carboxylic acids is 1. The van der Waals surface area contributed by atoms with Crippen molar-refractivity contribution in [2.45, 2.75) is 49.7 Å². The second-order valence-electron chi connectivity index (χ2n) is 9.09. The summed E-state index contributed by atoms with van der Waals surface area (Å²) in [5.74, 6) is 0.474. The molecule has 2 aromatic carbocycles. The van der Waals surface area contributed by atoms with Crippen molar-refractivity contribution < 1.29 is 9.53 Å². The molecule has 4 nitrogen and oxygen atoms in total. The van der Waals surface area contributed by atoms with Crippen LogP contribution in [0.1, 0.15) is 54.4 Å². The molecule has 0 spiro atoms. The molecular formula is C25H29ClN2O2. The molecule has 5 heteroatoms. The summed E-state index contributed by atoms with van der Waals surface area (Å²) in [6.45, 7) is 4.80. The van der Waals surface area contributed by atoms with Crippen LogP contribution in [0, 0.1) is 0 Å². The van der Waals surface area contributed by atoms with Gasteiger partial charge in [0.1, 0.15) is 6.10 Å². The molecule has 3 aliphatic rings. The van der Waals surface area contributed by atoms with Gasteiger partial charge in [-0.15, -0.1) is 0 Å². The lowest BCUT2D eigenvalue weighted by atomic mass is 9.74. The molecule has 5 rings (SSSR count).